The molecule has 0 spiro atoms. The largest absolute Gasteiger partial charge is 0.496 e. The van der Waals surface area contributed by atoms with E-state index in [2.05, 4.69) is 21.3 Å². The summed E-state index contributed by atoms with van der Waals surface area (Å²) < 4.78 is 12.5. The molecule has 0 bridgehead atoms. The molecule has 2 aromatic heterocycles. The van der Waals surface area contributed by atoms with Crippen LogP contribution in [0.25, 0.3) is 11.3 Å². The number of ether oxygens (including phenoxy) is 2. The molecule has 3 heterocycles. The molecule has 0 atom stereocenters. The lowest BCUT2D eigenvalue weighted by molar-refractivity contribution is 0.121. The van der Waals surface area contributed by atoms with Gasteiger partial charge in [0.05, 0.1) is 37.9 Å². The van der Waals surface area contributed by atoms with Crippen molar-refractivity contribution >= 4 is 11.6 Å². The Morgan fingerprint density at radius 3 is 2.81 bits per heavy atom. The molecule has 162 valence electrons. The first-order valence-electron chi connectivity index (χ1n) is 10.4. The smallest absolute Gasteiger partial charge is 0.255 e. The van der Waals surface area contributed by atoms with Crippen LogP contribution < -0.4 is 20.5 Å². The van der Waals surface area contributed by atoms with Crippen molar-refractivity contribution in [3.05, 3.63) is 64.7 Å². The third kappa shape index (κ3) is 4.69. The fraction of sp³-hybridized carbons (Fsp3) is 0.348. The molecule has 0 radical (unpaired) electrons. The average molecular weight is 422 g/mol. The number of aromatic nitrogens is 3. The number of hydrogen-bond acceptors (Lipinski definition) is 7. The van der Waals surface area contributed by atoms with Crippen LogP contribution in [0.5, 0.6) is 5.75 Å². The molecule has 0 amide bonds. The second-order valence-corrected chi connectivity index (χ2v) is 7.35. The van der Waals surface area contributed by atoms with E-state index in [0.717, 1.165) is 29.0 Å². The zero-order valence-electron chi connectivity index (χ0n) is 17.9. The number of pyridine rings is 1. The molecule has 0 saturated carbocycles. The molecule has 1 aromatic carbocycles. The number of morpholine rings is 1. The van der Waals surface area contributed by atoms with Crippen LogP contribution in [0.2, 0.25) is 0 Å². The number of rotatable bonds is 7. The van der Waals surface area contributed by atoms with Gasteiger partial charge < -0.3 is 19.7 Å². The number of methoxy groups -OCH3 is 1. The Balaban J connectivity index is 1.58. The number of hydrogen-bond donors (Lipinski definition) is 1. The van der Waals surface area contributed by atoms with Gasteiger partial charge in [-0.3, -0.25) is 14.3 Å². The van der Waals surface area contributed by atoms with Crippen molar-refractivity contribution in [2.24, 2.45) is 7.05 Å². The lowest BCUT2D eigenvalue weighted by Crippen LogP contribution is -2.40. The Bertz CT molecular complexity index is 1090. The van der Waals surface area contributed by atoms with Gasteiger partial charge in [-0.05, 0) is 24.1 Å². The Hall–Kier alpha value is -3.39. The van der Waals surface area contributed by atoms with Gasteiger partial charge in [0.15, 0.2) is 0 Å². The first-order valence-corrected chi connectivity index (χ1v) is 10.4. The third-order valence-corrected chi connectivity index (χ3v) is 5.40. The van der Waals surface area contributed by atoms with Crippen LogP contribution in [0.4, 0.5) is 11.6 Å². The Morgan fingerprint density at radius 1 is 1.19 bits per heavy atom. The van der Waals surface area contributed by atoms with Crippen molar-refractivity contribution < 1.29 is 9.47 Å². The first kappa shape index (κ1) is 20.9. The van der Waals surface area contributed by atoms with E-state index >= 15 is 0 Å². The van der Waals surface area contributed by atoms with Gasteiger partial charge in [-0.15, -0.1) is 0 Å². The monoisotopic (exact) mass is 421 g/mol. The lowest BCUT2D eigenvalue weighted by Gasteiger charge is -2.29. The summed E-state index contributed by atoms with van der Waals surface area (Å²) in [5, 5.41) is 3.44. The highest BCUT2D eigenvalue weighted by Gasteiger charge is 2.18. The molecule has 1 fully saturated rings. The summed E-state index contributed by atoms with van der Waals surface area (Å²) in [5.41, 5.74) is 3.35. The number of anilines is 2. The highest BCUT2D eigenvalue weighted by Crippen LogP contribution is 2.26. The molecule has 1 saturated heterocycles. The number of benzene rings is 1. The first-order chi connectivity index (χ1) is 15.2. The van der Waals surface area contributed by atoms with Gasteiger partial charge >= 0.3 is 0 Å². The molecule has 31 heavy (non-hydrogen) atoms. The van der Waals surface area contributed by atoms with E-state index in [0.29, 0.717) is 44.5 Å². The summed E-state index contributed by atoms with van der Waals surface area (Å²) in [4.78, 5) is 23.8. The molecule has 4 rings (SSSR count). The average Bonchev–Trinajstić information content (AvgIpc) is 2.82. The maximum Gasteiger partial charge on any atom is 0.255 e. The van der Waals surface area contributed by atoms with E-state index in [1.165, 1.54) is 0 Å². The number of para-hydroxylation sites is 1. The zero-order valence-corrected chi connectivity index (χ0v) is 17.9. The van der Waals surface area contributed by atoms with Crippen molar-refractivity contribution in [1.29, 1.82) is 0 Å². The molecule has 8 nitrogen and oxygen atoms in total. The van der Waals surface area contributed by atoms with Gasteiger partial charge in [0, 0.05) is 44.5 Å². The van der Waals surface area contributed by atoms with E-state index in [4.69, 9.17) is 14.5 Å². The zero-order chi connectivity index (χ0) is 21.6. The molecule has 1 aliphatic heterocycles. The molecule has 3 aromatic rings. The molecule has 1 N–H and O–H groups in total. The van der Waals surface area contributed by atoms with E-state index in [-0.39, 0.29) is 5.56 Å². The Labute approximate surface area is 181 Å². The van der Waals surface area contributed by atoms with E-state index < -0.39 is 0 Å². The van der Waals surface area contributed by atoms with Crippen molar-refractivity contribution in [2.45, 2.75) is 6.42 Å². The quantitative estimate of drug-likeness (QED) is 0.627. The summed E-state index contributed by atoms with van der Waals surface area (Å²) >= 11 is 0. The van der Waals surface area contributed by atoms with Gasteiger partial charge in [0.2, 0.25) is 5.95 Å². The van der Waals surface area contributed by atoms with E-state index in [1.54, 1.807) is 37.2 Å². The predicted molar refractivity (Wildman–Crippen MR) is 121 cm³/mol. The van der Waals surface area contributed by atoms with Gasteiger partial charge in [-0.1, -0.05) is 18.2 Å². The minimum Gasteiger partial charge on any atom is -0.496 e. The summed E-state index contributed by atoms with van der Waals surface area (Å²) in [6, 6.07) is 11.4. The second kappa shape index (κ2) is 9.61. The van der Waals surface area contributed by atoms with Crippen molar-refractivity contribution in [3.63, 3.8) is 0 Å². The highest BCUT2D eigenvalue weighted by atomic mass is 16.5. The van der Waals surface area contributed by atoms with Crippen molar-refractivity contribution in [1.82, 2.24) is 14.5 Å². The second-order valence-electron chi connectivity index (χ2n) is 7.35. The van der Waals surface area contributed by atoms with Crippen LogP contribution in [0, 0.1) is 0 Å². The number of nitrogens with zero attached hydrogens (tertiary/aromatic N) is 4. The fourth-order valence-corrected chi connectivity index (χ4v) is 3.71. The molecule has 1 aliphatic rings. The van der Waals surface area contributed by atoms with Gasteiger partial charge in [-0.2, -0.15) is 0 Å². The summed E-state index contributed by atoms with van der Waals surface area (Å²) in [7, 11) is 3.43. The van der Waals surface area contributed by atoms with Crippen LogP contribution in [-0.2, 0) is 18.2 Å². The van der Waals surface area contributed by atoms with Crippen LogP contribution in [0.1, 0.15) is 5.56 Å². The predicted octanol–water partition coefficient (Wildman–Crippen LogP) is 2.34. The van der Waals surface area contributed by atoms with Crippen LogP contribution in [0.3, 0.4) is 0 Å². The highest BCUT2D eigenvalue weighted by molar-refractivity contribution is 5.75. The minimum atomic E-state index is -0.0942. The fourth-order valence-electron chi connectivity index (χ4n) is 3.71. The topological polar surface area (TPSA) is 81.5 Å². The molecule has 8 heteroatoms. The lowest BCUT2D eigenvalue weighted by atomic mass is 10.1. The Kier molecular flexibility index (Phi) is 6.47. The molecular weight excluding hydrogens is 394 g/mol. The molecule has 0 unspecified atom stereocenters. The summed E-state index contributed by atoms with van der Waals surface area (Å²) in [6.07, 6.45) is 4.28. The standard InChI is InChI=1S/C23H27N5O3/c1-27-22(29)15-19(26-23(27)28-11-13-31-14-12-28)18-8-9-24-16-20(18)25-10-7-17-5-3-4-6-21(17)30-2/h3-6,8-9,15-16,25H,7,10-14H2,1-2H3. The van der Waals surface area contributed by atoms with E-state index in [9.17, 15) is 4.79 Å². The summed E-state index contributed by atoms with van der Waals surface area (Å²) in [5.74, 6) is 1.53. The molecular formula is C23H27N5O3. The van der Waals surface area contributed by atoms with Crippen LogP contribution in [0.15, 0.2) is 53.6 Å². The normalized spacial score (nSPS) is 13.8. The van der Waals surface area contributed by atoms with Gasteiger partial charge in [-0.25, -0.2) is 4.98 Å². The van der Waals surface area contributed by atoms with Gasteiger partial charge in [0.1, 0.15) is 5.75 Å². The Morgan fingerprint density at radius 2 is 2.00 bits per heavy atom. The summed E-state index contributed by atoms with van der Waals surface area (Å²) in [6.45, 7) is 3.38. The van der Waals surface area contributed by atoms with Crippen molar-refractivity contribution in [3.8, 4) is 17.0 Å². The van der Waals surface area contributed by atoms with E-state index in [1.807, 2.05) is 24.3 Å². The third-order valence-electron chi connectivity index (χ3n) is 5.40. The minimum absolute atomic E-state index is 0.0942. The van der Waals surface area contributed by atoms with Crippen molar-refractivity contribution in [2.75, 3.05) is 50.2 Å². The maximum atomic E-state index is 12.7. The SMILES string of the molecule is COc1ccccc1CCNc1cnccc1-c1cc(=O)n(C)c(N2CCOCC2)n1. The van der Waals surface area contributed by atoms with Crippen LogP contribution >= 0.6 is 0 Å². The van der Waals surface area contributed by atoms with Gasteiger partial charge in [0.25, 0.3) is 5.56 Å². The maximum absolute atomic E-state index is 12.7. The number of nitrogens with one attached hydrogen (secondary N) is 1. The van der Waals surface area contributed by atoms with Crippen LogP contribution in [-0.4, -0.2) is 54.5 Å². The molecule has 0 aliphatic carbocycles.